The van der Waals surface area contributed by atoms with Gasteiger partial charge in [-0.2, -0.15) is 0 Å². The molecule has 4 rings (SSSR count). The average molecular weight is 383 g/mol. The van der Waals surface area contributed by atoms with Crippen LogP contribution in [-0.2, 0) is 0 Å². The SMILES string of the molecule is N=C(NO)c1cc(Cl)cc(-c2ccc(O)cc2)c1-c1cccc2c1OCO2. The van der Waals surface area contributed by atoms with Crippen LogP contribution in [0.1, 0.15) is 5.56 Å². The largest absolute Gasteiger partial charge is 0.508 e. The molecule has 27 heavy (non-hydrogen) atoms. The number of amidine groups is 1. The predicted molar refractivity (Wildman–Crippen MR) is 102 cm³/mol. The van der Waals surface area contributed by atoms with Crippen LogP contribution in [0.2, 0.25) is 5.02 Å². The molecule has 0 saturated carbocycles. The smallest absolute Gasteiger partial charge is 0.231 e. The Balaban J connectivity index is 2.05. The summed E-state index contributed by atoms with van der Waals surface area (Å²) in [6.07, 6.45) is 0. The minimum atomic E-state index is -0.205. The van der Waals surface area contributed by atoms with Gasteiger partial charge >= 0.3 is 0 Å². The predicted octanol–water partition coefficient (Wildman–Crippen LogP) is 4.41. The van der Waals surface area contributed by atoms with Crippen molar-refractivity contribution in [2.24, 2.45) is 0 Å². The van der Waals surface area contributed by atoms with E-state index in [9.17, 15) is 10.3 Å². The van der Waals surface area contributed by atoms with Crippen LogP contribution in [0, 0.1) is 5.41 Å². The van der Waals surface area contributed by atoms with Crippen molar-refractivity contribution in [1.82, 2.24) is 5.48 Å². The highest BCUT2D eigenvalue weighted by Crippen LogP contribution is 2.46. The second kappa shape index (κ2) is 6.83. The molecule has 7 heteroatoms. The maximum Gasteiger partial charge on any atom is 0.231 e. The van der Waals surface area contributed by atoms with E-state index in [0.29, 0.717) is 33.2 Å². The van der Waals surface area contributed by atoms with Gasteiger partial charge in [0.1, 0.15) is 11.6 Å². The molecule has 3 aromatic rings. The molecule has 0 radical (unpaired) electrons. The van der Waals surface area contributed by atoms with Gasteiger partial charge < -0.3 is 14.6 Å². The molecule has 136 valence electrons. The zero-order chi connectivity index (χ0) is 19.0. The minimum Gasteiger partial charge on any atom is -0.508 e. The Morgan fingerprint density at radius 1 is 1.04 bits per heavy atom. The summed E-state index contributed by atoms with van der Waals surface area (Å²) in [5.41, 5.74) is 5.16. The van der Waals surface area contributed by atoms with Crippen molar-refractivity contribution in [1.29, 1.82) is 5.41 Å². The zero-order valence-corrected chi connectivity index (χ0v) is 14.7. The molecule has 1 heterocycles. The Kier molecular flexibility index (Phi) is 4.35. The molecule has 0 bridgehead atoms. The highest BCUT2D eigenvalue weighted by atomic mass is 35.5. The molecule has 0 spiro atoms. The van der Waals surface area contributed by atoms with Gasteiger partial charge in [0.2, 0.25) is 6.79 Å². The first kappa shape index (κ1) is 17.2. The Morgan fingerprint density at radius 2 is 1.81 bits per heavy atom. The number of rotatable bonds is 3. The fraction of sp³-hybridized carbons (Fsp3) is 0.0500. The van der Waals surface area contributed by atoms with Crippen LogP contribution in [0.4, 0.5) is 0 Å². The van der Waals surface area contributed by atoms with Gasteiger partial charge in [-0.3, -0.25) is 16.1 Å². The van der Waals surface area contributed by atoms with Crippen molar-refractivity contribution in [2.75, 3.05) is 6.79 Å². The molecule has 0 saturated heterocycles. The Morgan fingerprint density at radius 3 is 2.56 bits per heavy atom. The van der Waals surface area contributed by atoms with Crippen LogP contribution in [0.5, 0.6) is 17.2 Å². The molecule has 0 atom stereocenters. The lowest BCUT2D eigenvalue weighted by Gasteiger charge is -2.18. The first-order chi connectivity index (χ1) is 13.1. The van der Waals surface area contributed by atoms with Gasteiger partial charge in [0, 0.05) is 21.7 Å². The normalized spacial score (nSPS) is 12.1. The van der Waals surface area contributed by atoms with E-state index in [1.807, 2.05) is 17.6 Å². The summed E-state index contributed by atoms with van der Waals surface area (Å²) in [6, 6.07) is 15.5. The van der Waals surface area contributed by atoms with Gasteiger partial charge in [0.15, 0.2) is 11.5 Å². The number of hydrogen-bond donors (Lipinski definition) is 4. The van der Waals surface area contributed by atoms with E-state index < -0.39 is 0 Å². The van der Waals surface area contributed by atoms with E-state index >= 15 is 0 Å². The number of hydrogen-bond acceptors (Lipinski definition) is 5. The van der Waals surface area contributed by atoms with Gasteiger partial charge in [-0.25, -0.2) is 0 Å². The first-order valence-electron chi connectivity index (χ1n) is 8.09. The quantitative estimate of drug-likeness (QED) is 0.306. The molecule has 4 N–H and O–H groups in total. The highest BCUT2D eigenvalue weighted by molar-refractivity contribution is 6.31. The number of aromatic hydroxyl groups is 1. The third-order valence-electron chi connectivity index (χ3n) is 4.33. The number of benzene rings is 3. The standard InChI is InChI=1S/C20H15ClN2O4/c21-12-8-15(11-4-6-13(24)7-5-11)18(16(9-12)20(22)23-25)14-2-1-3-17-19(14)27-10-26-17/h1-9,24-25H,10H2,(H2,22,23). The summed E-state index contributed by atoms with van der Waals surface area (Å²) in [4.78, 5) is 0. The van der Waals surface area contributed by atoms with Gasteiger partial charge in [0.05, 0.1) is 0 Å². The molecular formula is C20H15ClN2O4. The maximum atomic E-state index is 9.61. The molecule has 1 aliphatic heterocycles. The van der Waals surface area contributed by atoms with Gasteiger partial charge in [-0.15, -0.1) is 0 Å². The van der Waals surface area contributed by atoms with E-state index in [0.717, 1.165) is 11.1 Å². The fourth-order valence-corrected chi connectivity index (χ4v) is 3.37. The lowest BCUT2D eigenvalue weighted by atomic mass is 9.89. The molecule has 1 aliphatic rings. The van der Waals surface area contributed by atoms with E-state index in [2.05, 4.69) is 0 Å². The van der Waals surface area contributed by atoms with E-state index in [-0.39, 0.29) is 18.4 Å². The molecule has 0 aromatic heterocycles. The Hall–Kier alpha value is -3.22. The molecule has 0 unspecified atom stereocenters. The Bertz CT molecular complexity index is 1030. The Labute approximate surface area is 160 Å². The van der Waals surface area contributed by atoms with Crippen molar-refractivity contribution in [2.45, 2.75) is 0 Å². The maximum absolute atomic E-state index is 9.61. The number of para-hydroxylation sites is 1. The molecule has 0 aliphatic carbocycles. The van der Waals surface area contributed by atoms with Crippen LogP contribution in [0.25, 0.3) is 22.3 Å². The first-order valence-corrected chi connectivity index (χ1v) is 8.47. The van der Waals surface area contributed by atoms with Crippen LogP contribution in [0.3, 0.4) is 0 Å². The number of phenols is 1. The highest BCUT2D eigenvalue weighted by Gasteiger charge is 2.24. The number of nitrogens with one attached hydrogen (secondary N) is 2. The molecule has 0 amide bonds. The third-order valence-corrected chi connectivity index (χ3v) is 4.55. The number of hydroxylamine groups is 1. The second-order valence-corrected chi connectivity index (χ2v) is 6.39. The summed E-state index contributed by atoms with van der Waals surface area (Å²) >= 11 is 6.30. The average Bonchev–Trinajstić information content (AvgIpc) is 3.16. The van der Waals surface area contributed by atoms with E-state index in [1.165, 1.54) is 0 Å². The van der Waals surface area contributed by atoms with Crippen molar-refractivity contribution in [3.63, 3.8) is 0 Å². The number of halogens is 1. The molecule has 6 nitrogen and oxygen atoms in total. The fourth-order valence-electron chi connectivity index (χ4n) is 3.15. The topological polar surface area (TPSA) is 94.8 Å². The van der Waals surface area contributed by atoms with Gasteiger partial charge in [-0.1, -0.05) is 35.9 Å². The molecular weight excluding hydrogens is 368 g/mol. The van der Waals surface area contributed by atoms with Crippen molar-refractivity contribution in [3.05, 3.63) is 65.2 Å². The number of phenolic OH excluding ortho intramolecular Hbond substituents is 1. The van der Waals surface area contributed by atoms with E-state index in [1.54, 1.807) is 42.5 Å². The van der Waals surface area contributed by atoms with Crippen molar-refractivity contribution >= 4 is 17.4 Å². The number of ether oxygens (including phenoxy) is 2. The minimum absolute atomic E-state index is 0.111. The second-order valence-electron chi connectivity index (χ2n) is 5.95. The van der Waals surface area contributed by atoms with Crippen LogP contribution < -0.4 is 15.0 Å². The van der Waals surface area contributed by atoms with Crippen LogP contribution >= 0.6 is 11.6 Å². The van der Waals surface area contributed by atoms with Crippen LogP contribution in [-0.4, -0.2) is 22.9 Å². The molecule has 0 fully saturated rings. The third kappa shape index (κ3) is 3.05. The van der Waals surface area contributed by atoms with Gasteiger partial charge in [0.25, 0.3) is 0 Å². The summed E-state index contributed by atoms with van der Waals surface area (Å²) in [7, 11) is 0. The zero-order valence-electron chi connectivity index (χ0n) is 14.0. The van der Waals surface area contributed by atoms with Gasteiger partial charge in [-0.05, 0) is 41.5 Å². The summed E-state index contributed by atoms with van der Waals surface area (Å²) < 4.78 is 11.1. The monoisotopic (exact) mass is 382 g/mol. The lowest BCUT2D eigenvalue weighted by Crippen LogP contribution is -2.20. The number of fused-ring (bicyclic) bond motifs is 1. The van der Waals surface area contributed by atoms with E-state index in [4.69, 9.17) is 26.5 Å². The molecule has 3 aromatic carbocycles. The van der Waals surface area contributed by atoms with Crippen molar-refractivity contribution in [3.8, 4) is 39.5 Å². The summed E-state index contributed by atoms with van der Waals surface area (Å²) in [6.45, 7) is 0.111. The lowest BCUT2D eigenvalue weighted by molar-refractivity contribution is 0.174. The summed E-state index contributed by atoms with van der Waals surface area (Å²) in [5.74, 6) is 1.11. The van der Waals surface area contributed by atoms with Crippen LogP contribution in [0.15, 0.2) is 54.6 Å². The van der Waals surface area contributed by atoms with Crippen molar-refractivity contribution < 1.29 is 19.8 Å². The summed E-state index contributed by atoms with van der Waals surface area (Å²) in [5, 5.41) is 27.5.